The smallest absolute Gasteiger partial charge is 0.295 e. The van der Waals surface area contributed by atoms with Gasteiger partial charge in [-0.2, -0.15) is 5.10 Å². The van der Waals surface area contributed by atoms with Gasteiger partial charge in [0.25, 0.3) is 5.69 Å². The molecule has 4 aromatic rings. The number of rotatable bonds is 5. The molecule has 2 aromatic heterocycles. The molecule has 0 aliphatic rings. The number of anilines is 1. The number of pyridine rings is 1. The molecule has 0 atom stereocenters. The average molecular weight is 359 g/mol. The molecule has 0 aliphatic carbocycles. The summed E-state index contributed by atoms with van der Waals surface area (Å²) >= 11 is 0. The molecule has 7 nitrogen and oxygen atoms in total. The molecule has 134 valence electrons. The number of nitrogens with zero attached hydrogens (tertiary/aromatic N) is 4. The highest BCUT2D eigenvalue weighted by molar-refractivity contribution is 5.96. The molecule has 0 saturated heterocycles. The number of nitro groups is 1. The molecule has 0 spiro atoms. The first-order valence-electron chi connectivity index (χ1n) is 8.50. The van der Waals surface area contributed by atoms with Crippen molar-refractivity contribution in [1.82, 2.24) is 14.8 Å². The van der Waals surface area contributed by atoms with Crippen LogP contribution < -0.4 is 5.32 Å². The van der Waals surface area contributed by atoms with Gasteiger partial charge in [0.2, 0.25) is 0 Å². The van der Waals surface area contributed by atoms with Crippen LogP contribution in [-0.2, 0) is 6.54 Å². The third kappa shape index (κ3) is 3.35. The Hall–Kier alpha value is -3.74. The Bertz CT molecular complexity index is 1120. The average Bonchev–Trinajstić information content (AvgIpc) is 3.15. The van der Waals surface area contributed by atoms with Crippen molar-refractivity contribution in [3.63, 3.8) is 0 Å². The molecule has 0 bridgehead atoms. The summed E-state index contributed by atoms with van der Waals surface area (Å²) in [7, 11) is 0. The van der Waals surface area contributed by atoms with Crippen LogP contribution in [0, 0.1) is 17.0 Å². The maximum absolute atomic E-state index is 11.3. The summed E-state index contributed by atoms with van der Waals surface area (Å²) in [5.74, 6) is 0. The summed E-state index contributed by atoms with van der Waals surface area (Å²) < 4.78 is 1.82. The van der Waals surface area contributed by atoms with Gasteiger partial charge in [-0.05, 0) is 31.2 Å². The summed E-state index contributed by atoms with van der Waals surface area (Å²) in [6.07, 6.45) is 1.91. The summed E-state index contributed by atoms with van der Waals surface area (Å²) in [4.78, 5) is 15.2. The van der Waals surface area contributed by atoms with Gasteiger partial charge in [0.1, 0.15) is 0 Å². The fraction of sp³-hybridized carbons (Fsp3) is 0.100. The van der Waals surface area contributed by atoms with Crippen molar-refractivity contribution in [2.45, 2.75) is 13.5 Å². The predicted molar refractivity (Wildman–Crippen MR) is 104 cm³/mol. The highest BCUT2D eigenvalue weighted by Crippen LogP contribution is 2.30. The Morgan fingerprint density at radius 1 is 1.11 bits per heavy atom. The van der Waals surface area contributed by atoms with Crippen LogP contribution in [0.25, 0.3) is 16.6 Å². The van der Waals surface area contributed by atoms with E-state index in [4.69, 9.17) is 0 Å². The van der Waals surface area contributed by atoms with Gasteiger partial charge < -0.3 is 5.32 Å². The van der Waals surface area contributed by atoms with Gasteiger partial charge in [0.15, 0.2) is 5.52 Å². The second kappa shape index (κ2) is 6.87. The highest BCUT2D eigenvalue weighted by atomic mass is 16.6. The predicted octanol–water partition coefficient (Wildman–Crippen LogP) is 4.25. The fourth-order valence-electron chi connectivity index (χ4n) is 3.02. The van der Waals surface area contributed by atoms with Gasteiger partial charge in [0, 0.05) is 29.0 Å². The van der Waals surface area contributed by atoms with Crippen LogP contribution in [0.3, 0.4) is 0 Å². The van der Waals surface area contributed by atoms with E-state index in [0.29, 0.717) is 17.8 Å². The lowest BCUT2D eigenvalue weighted by molar-refractivity contribution is -0.383. The molecular weight excluding hydrogens is 342 g/mol. The second-order valence-corrected chi connectivity index (χ2v) is 6.18. The number of hydrogen-bond acceptors (Lipinski definition) is 5. The maximum atomic E-state index is 11.3. The van der Waals surface area contributed by atoms with Gasteiger partial charge in [0.05, 0.1) is 22.8 Å². The van der Waals surface area contributed by atoms with Crippen molar-refractivity contribution in [1.29, 1.82) is 0 Å². The molecule has 2 heterocycles. The lowest BCUT2D eigenvalue weighted by Crippen LogP contribution is -2.04. The quantitative estimate of drug-likeness (QED) is 0.425. The van der Waals surface area contributed by atoms with Crippen molar-refractivity contribution in [2.75, 3.05) is 5.32 Å². The number of hydrogen-bond donors (Lipinski definition) is 1. The largest absolute Gasteiger partial charge is 0.379 e. The van der Waals surface area contributed by atoms with Crippen LogP contribution in [0.1, 0.15) is 11.4 Å². The topological polar surface area (TPSA) is 85.9 Å². The summed E-state index contributed by atoms with van der Waals surface area (Å²) in [5.41, 5.74) is 3.77. The summed E-state index contributed by atoms with van der Waals surface area (Å²) in [6.45, 7) is 2.33. The highest BCUT2D eigenvalue weighted by Gasteiger charge is 2.15. The zero-order valence-electron chi connectivity index (χ0n) is 14.7. The third-order valence-corrected chi connectivity index (χ3v) is 4.27. The van der Waals surface area contributed by atoms with Crippen LogP contribution in [0.5, 0.6) is 0 Å². The zero-order chi connectivity index (χ0) is 18.8. The molecule has 1 N–H and O–H groups in total. The molecule has 0 unspecified atom stereocenters. The standard InChI is InChI=1S/C20H17N5O2/c1-14-12-18(17-8-5-9-19(25(26)27)20(17)22-14)21-13-15-10-11-24(23-15)16-6-3-2-4-7-16/h2-12H,13H2,1H3,(H,21,22). The molecule has 0 aliphatic heterocycles. The van der Waals surface area contributed by atoms with Crippen LogP contribution >= 0.6 is 0 Å². The van der Waals surface area contributed by atoms with Crippen LogP contribution in [0.15, 0.2) is 66.9 Å². The number of benzene rings is 2. The number of aryl methyl sites for hydroxylation is 1. The molecule has 27 heavy (non-hydrogen) atoms. The first-order chi connectivity index (χ1) is 13.1. The van der Waals surface area contributed by atoms with E-state index in [2.05, 4.69) is 15.4 Å². The van der Waals surface area contributed by atoms with Crippen molar-refractivity contribution >= 4 is 22.3 Å². The van der Waals surface area contributed by atoms with Gasteiger partial charge in [-0.15, -0.1) is 0 Å². The minimum atomic E-state index is -0.403. The summed E-state index contributed by atoms with van der Waals surface area (Å²) in [6, 6.07) is 18.7. The van der Waals surface area contributed by atoms with Gasteiger partial charge in [-0.25, -0.2) is 9.67 Å². The van der Waals surface area contributed by atoms with Crippen molar-refractivity contribution in [3.8, 4) is 5.69 Å². The van der Waals surface area contributed by atoms with E-state index < -0.39 is 4.92 Å². The number of non-ortho nitro benzene ring substituents is 1. The van der Waals surface area contributed by atoms with Crippen LogP contribution in [-0.4, -0.2) is 19.7 Å². The molecule has 4 rings (SSSR count). The number of para-hydroxylation sites is 2. The molecule has 2 aromatic carbocycles. The Morgan fingerprint density at radius 3 is 2.70 bits per heavy atom. The number of nitro benzene ring substituents is 1. The van der Waals surface area contributed by atoms with E-state index >= 15 is 0 Å². The number of aromatic nitrogens is 3. The van der Waals surface area contributed by atoms with Crippen molar-refractivity contribution in [2.24, 2.45) is 0 Å². The molecule has 0 amide bonds. The van der Waals surface area contributed by atoms with Crippen LogP contribution in [0.4, 0.5) is 11.4 Å². The Balaban J connectivity index is 1.62. The van der Waals surface area contributed by atoms with Crippen LogP contribution in [0.2, 0.25) is 0 Å². The number of nitrogens with one attached hydrogen (secondary N) is 1. The Labute approximate surface area is 155 Å². The van der Waals surface area contributed by atoms with Gasteiger partial charge in [-0.3, -0.25) is 10.1 Å². The minimum absolute atomic E-state index is 0.00704. The zero-order valence-corrected chi connectivity index (χ0v) is 14.7. The lowest BCUT2D eigenvalue weighted by atomic mass is 10.1. The maximum Gasteiger partial charge on any atom is 0.295 e. The van der Waals surface area contributed by atoms with Gasteiger partial charge >= 0.3 is 0 Å². The molecule has 7 heteroatoms. The third-order valence-electron chi connectivity index (χ3n) is 4.27. The van der Waals surface area contributed by atoms with E-state index in [1.807, 2.05) is 66.3 Å². The SMILES string of the molecule is Cc1cc(NCc2ccn(-c3ccccc3)n2)c2cccc([N+](=O)[O-])c2n1. The van der Waals surface area contributed by atoms with Crippen molar-refractivity contribution in [3.05, 3.63) is 88.4 Å². The monoisotopic (exact) mass is 359 g/mol. The Kier molecular flexibility index (Phi) is 4.25. The summed E-state index contributed by atoms with van der Waals surface area (Å²) in [5, 5.41) is 19.9. The Morgan fingerprint density at radius 2 is 1.93 bits per heavy atom. The van der Waals surface area contributed by atoms with E-state index in [1.54, 1.807) is 6.07 Å². The first kappa shape index (κ1) is 16.7. The normalized spacial score (nSPS) is 10.9. The van der Waals surface area contributed by atoms with Crippen molar-refractivity contribution < 1.29 is 4.92 Å². The molecule has 0 radical (unpaired) electrons. The fourth-order valence-corrected chi connectivity index (χ4v) is 3.02. The molecule has 0 fully saturated rings. The van der Waals surface area contributed by atoms with E-state index in [0.717, 1.165) is 22.5 Å². The van der Waals surface area contributed by atoms with E-state index in [9.17, 15) is 10.1 Å². The molecular formula is C20H17N5O2. The van der Waals surface area contributed by atoms with E-state index in [-0.39, 0.29) is 5.69 Å². The first-order valence-corrected chi connectivity index (χ1v) is 8.50. The number of fused-ring (bicyclic) bond motifs is 1. The minimum Gasteiger partial charge on any atom is -0.379 e. The second-order valence-electron chi connectivity index (χ2n) is 6.18. The van der Waals surface area contributed by atoms with E-state index in [1.165, 1.54) is 6.07 Å². The molecule has 0 saturated carbocycles. The van der Waals surface area contributed by atoms with Gasteiger partial charge in [-0.1, -0.05) is 30.3 Å². The lowest BCUT2D eigenvalue weighted by Gasteiger charge is -2.10.